The third-order valence-electron chi connectivity index (χ3n) is 6.30. The summed E-state index contributed by atoms with van der Waals surface area (Å²) in [6.45, 7) is 2.55. The predicted octanol–water partition coefficient (Wildman–Crippen LogP) is 2.88. The maximum atomic E-state index is 12.4. The molecule has 1 saturated carbocycles. The number of para-hydroxylation sites is 2. The Morgan fingerprint density at radius 2 is 1.94 bits per heavy atom. The number of aromatic nitrogens is 3. The Morgan fingerprint density at radius 1 is 1.12 bits per heavy atom. The van der Waals surface area contributed by atoms with Crippen LogP contribution in [0.3, 0.4) is 0 Å². The lowest BCUT2D eigenvalue weighted by Crippen LogP contribution is -2.32. The van der Waals surface area contributed by atoms with Gasteiger partial charge in [0.2, 0.25) is 0 Å². The summed E-state index contributed by atoms with van der Waals surface area (Å²) in [5.41, 5.74) is 5.05. The first-order valence-corrected chi connectivity index (χ1v) is 11.6. The van der Waals surface area contributed by atoms with Crippen molar-refractivity contribution >= 4 is 34.4 Å². The summed E-state index contributed by atoms with van der Waals surface area (Å²) < 4.78 is 2.09. The number of fused-ring (bicyclic) bond motifs is 3. The molecule has 6 rings (SSSR count). The molecule has 2 fully saturated rings. The molecule has 2 aromatic heterocycles. The Labute approximate surface area is 196 Å². The Kier molecular flexibility index (Phi) is 5.01. The molecule has 172 valence electrons. The maximum absolute atomic E-state index is 12.4. The molecule has 3 N–H and O–H groups in total. The normalized spacial score (nSPS) is 15.6. The summed E-state index contributed by atoms with van der Waals surface area (Å²) in [4.78, 5) is 35.4. The van der Waals surface area contributed by atoms with E-state index in [-0.39, 0.29) is 11.9 Å². The van der Waals surface area contributed by atoms with Crippen LogP contribution in [0.1, 0.15) is 23.2 Å². The van der Waals surface area contributed by atoms with Crippen molar-refractivity contribution in [2.75, 3.05) is 31.5 Å². The van der Waals surface area contributed by atoms with Crippen molar-refractivity contribution in [3.05, 3.63) is 60.3 Å². The standard InChI is InChI=1S/C25H25N7O2/c33-24(29-18-9-10-18)17-7-5-16(6-8-17)21-15-28-23-22(26-11-13-31-14-12-27-25(31)34)30-19-3-1-2-4-20(19)32(21)23/h1-8,15,18H,9-14H2,(H,26,30)(H,27,34)(H,29,33). The quantitative estimate of drug-likeness (QED) is 0.398. The Morgan fingerprint density at radius 3 is 2.71 bits per heavy atom. The van der Waals surface area contributed by atoms with E-state index in [1.807, 2.05) is 54.7 Å². The van der Waals surface area contributed by atoms with Crippen LogP contribution in [-0.2, 0) is 0 Å². The van der Waals surface area contributed by atoms with Gasteiger partial charge in [-0.15, -0.1) is 0 Å². The van der Waals surface area contributed by atoms with E-state index >= 15 is 0 Å². The number of imidazole rings is 1. The molecule has 0 bridgehead atoms. The molecule has 3 heterocycles. The SMILES string of the molecule is O=C(NC1CC1)c1ccc(-c2cnc3c(NCCN4CCNC4=O)nc4ccccc4n23)cc1. The van der Waals surface area contributed by atoms with Crippen molar-refractivity contribution < 1.29 is 9.59 Å². The van der Waals surface area contributed by atoms with Crippen LogP contribution in [0.5, 0.6) is 0 Å². The van der Waals surface area contributed by atoms with E-state index in [1.165, 1.54) is 0 Å². The molecule has 4 aromatic rings. The molecule has 1 aliphatic carbocycles. The summed E-state index contributed by atoms with van der Waals surface area (Å²) in [6.07, 6.45) is 3.96. The van der Waals surface area contributed by atoms with Crippen LogP contribution in [0.15, 0.2) is 54.7 Å². The van der Waals surface area contributed by atoms with Gasteiger partial charge < -0.3 is 20.9 Å². The molecule has 9 nitrogen and oxygen atoms in total. The summed E-state index contributed by atoms with van der Waals surface area (Å²) >= 11 is 0. The smallest absolute Gasteiger partial charge is 0.317 e. The molecule has 0 unspecified atom stereocenters. The number of hydrogen-bond acceptors (Lipinski definition) is 5. The highest BCUT2D eigenvalue weighted by Gasteiger charge is 2.24. The summed E-state index contributed by atoms with van der Waals surface area (Å²) in [7, 11) is 0. The van der Waals surface area contributed by atoms with Gasteiger partial charge in [-0.1, -0.05) is 24.3 Å². The van der Waals surface area contributed by atoms with Crippen molar-refractivity contribution in [1.82, 2.24) is 29.9 Å². The predicted molar refractivity (Wildman–Crippen MR) is 130 cm³/mol. The summed E-state index contributed by atoms with van der Waals surface area (Å²) in [5, 5.41) is 9.22. The van der Waals surface area contributed by atoms with E-state index in [2.05, 4.69) is 25.3 Å². The molecule has 0 spiro atoms. The van der Waals surface area contributed by atoms with Crippen LogP contribution in [-0.4, -0.2) is 63.4 Å². The fraction of sp³-hybridized carbons (Fsp3) is 0.280. The number of amides is 3. The van der Waals surface area contributed by atoms with Gasteiger partial charge in [0.15, 0.2) is 11.5 Å². The Bertz CT molecular complexity index is 1390. The van der Waals surface area contributed by atoms with Gasteiger partial charge in [-0.05, 0) is 37.1 Å². The van der Waals surface area contributed by atoms with Gasteiger partial charge in [0.05, 0.1) is 22.9 Å². The zero-order valence-electron chi connectivity index (χ0n) is 18.6. The molecule has 3 amide bonds. The third kappa shape index (κ3) is 3.79. The Hall–Kier alpha value is -4.14. The highest BCUT2D eigenvalue weighted by molar-refractivity contribution is 5.95. The van der Waals surface area contributed by atoms with Crippen LogP contribution in [0.4, 0.5) is 10.6 Å². The highest BCUT2D eigenvalue weighted by atomic mass is 16.2. The second-order valence-electron chi connectivity index (χ2n) is 8.72. The van der Waals surface area contributed by atoms with Crippen molar-refractivity contribution in [1.29, 1.82) is 0 Å². The van der Waals surface area contributed by atoms with Crippen molar-refractivity contribution in [3.8, 4) is 11.3 Å². The van der Waals surface area contributed by atoms with E-state index < -0.39 is 0 Å². The number of hydrogen-bond donors (Lipinski definition) is 3. The van der Waals surface area contributed by atoms with Gasteiger partial charge in [0, 0.05) is 43.3 Å². The number of carbonyl (C=O) groups excluding carboxylic acids is 2. The average molecular weight is 456 g/mol. The van der Waals surface area contributed by atoms with Gasteiger partial charge in [-0.2, -0.15) is 0 Å². The molecule has 0 atom stereocenters. The third-order valence-corrected chi connectivity index (χ3v) is 6.30. The van der Waals surface area contributed by atoms with Crippen LogP contribution in [0.2, 0.25) is 0 Å². The van der Waals surface area contributed by atoms with Gasteiger partial charge in [-0.25, -0.2) is 14.8 Å². The topological polar surface area (TPSA) is 104 Å². The first kappa shape index (κ1) is 20.5. The fourth-order valence-corrected chi connectivity index (χ4v) is 4.33. The second-order valence-corrected chi connectivity index (χ2v) is 8.72. The average Bonchev–Trinajstić information content (AvgIpc) is 3.40. The number of benzene rings is 2. The number of nitrogens with one attached hydrogen (secondary N) is 3. The van der Waals surface area contributed by atoms with E-state index in [4.69, 9.17) is 4.98 Å². The molecule has 1 aliphatic heterocycles. The second kappa shape index (κ2) is 8.33. The number of anilines is 1. The van der Waals surface area contributed by atoms with Crippen LogP contribution >= 0.6 is 0 Å². The summed E-state index contributed by atoms with van der Waals surface area (Å²) in [6, 6.07) is 15.9. The highest BCUT2D eigenvalue weighted by Crippen LogP contribution is 2.29. The van der Waals surface area contributed by atoms with Gasteiger partial charge in [0.25, 0.3) is 5.91 Å². The molecule has 2 aliphatic rings. The Balaban J connectivity index is 1.33. The van der Waals surface area contributed by atoms with Gasteiger partial charge >= 0.3 is 6.03 Å². The van der Waals surface area contributed by atoms with Crippen LogP contribution in [0.25, 0.3) is 27.9 Å². The number of carbonyl (C=O) groups is 2. The summed E-state index contributed by atoms with van der Waals surface area (Å²) in [5.74, 6) is 0.644. The van der Waals surface area contributed by atoms with Crippen molar-refractivity contribution in [2.45, 2.75) is 18.9 Å². The van der Waals surface area contributed by atoms with Crippen molar-refractivity contribution in [2.24, 2.45) is 0 Å². The number of urea groups is 1. The van der Waals surface area contributed by atoms with Crippen LogP contribution in [0, 0.1) is 0 Å². The zero-order valence-corrected chi connectivity index (χ0v) is 18.6. The fourth-order valence-electron chi connectivity index (χ4n) is 4.33. The first-order chi connectivity index (χ1) is 16.7. The van der Waals surface area contributed by atoms with Crippen LogP contribution < -0.4 is 16.0 Å². The van der Waals surface area contributed by atoms with E-state index in [9.17, 15) is 9.59 Å². The van der Waals surface area contributed by atoms with Crippen molar-refractivity contribution in [3.63, 3.8) is 0 Å². The zero-order chi connectivity index (χ0) is 23.1. The first-order valence-electron chi connectivity index (χ1n) is 11.6. The molecule has 1 saturated heterocycles. The molecule has 9 heteroatoms. The lowest BCUT2D eigenvalue weighted by atomic mass is 10.1. The molecule has 2 aromatic carbocycles. The monoisotopic (exact) mass is 455 g/mol. The molecule has 34 heavy (non-hydrogen) atoms. The van der Waals surface area contributed by atoms with E-state index in [0.717, 1.165) is 40.8 Å². The lowest BCUT2D eigenvalue weighted by Gasteiger charge is -2.15. The van der Waals surface area contributed by atoms with Gasteiger partial charge in [0.1, 0.15) is 0 Å². The van der Waals surface area contributed by atoms with E-state index in [0.29, 0.717) is 43.6 Å². The minimum absolute atomic E-state index is 0.0278. The maximum Gasteiger partial charge on any atom is 0.317 e. The minimum Gasteiger partial charge on any atom is -0.365 e. The lowest BCUT2D eigenvalue weighted by molar-refractivity contribution is 0.0951. The number of rotatable bonds is 7. The van der Waals surface area contributed by atoms with Gasteiger partial charge in [-0.3, -0.25) is 9.20 Å². The van der Waals surface area contributed by atoms with E-state index in [1.54, 1.807) is 4.90 Å². The molecular formula is C25H25N7O2. The molecule has 0 radical (unpaired) electrons. The minimum atomic E-state index is -0.0317. The largest absolute Gasteiger partial charge is 0.365 e. The molecular weight excluding hydrogens is 430 g/mol. The number of nitrogens with zero attached hydrogens (tertiary/aromatic N) is 4.